The Bertz CT molecular complexity index is 833. The van der Waals surface area contributed by atoms with Crippen molar-refractivity contribution in [2.24, 2.45) is 0 Å². The van der Waals surface area contributed by atoms with E-state index in [1.165, 1.54) is 5.56 Å². The molecule has 29 heavy (non-hydrogen) atoms. The summed E-state index contributed by atoms with van der Waals surface area (Å²) < 4.78 is 0. The van der Waals surface area contributed by atoms with Crippen LogP contribution in [0.3, 0.4) is 0 Å². The number of amides is 2. The van der Waals surface area contributed by atoms with Crippen LogP contribution in [0, 0.1) is 0 Å². The highest BCUT2D eigenvalue weighted by molar-refractivity contribution is 5.95. The Morgan fingerprint density at radius 1 is 0.897 bits per heavy atom. The summed E-state index contributed by atoms with van der Waals surface area (Å²) in [7, 11) is 0. The normalized spacial score (nSPS) is 16.3. The van der Waals surface area contributed by atoms with Crippen molar-refractivity contribution in [3.05, 3.63) is 65.7 Å². The molecular weight excluding hydrogens is 362 g/mol. The van der Waals surface area contributed by atoms with Crippen LogP contribution in [0.2, 0.25) is 0 Å². The predicted octanol–water partition coefficient (Wildman–Crippen LogP) is 3.77. The molecule has 0 aliphatic carbocycles. The van der Waals surface area contributed by atoms with E-state index in [2.05, 4.69) is 43.1 Å². The fourth-order valence-electron chi connectivity index (χ4n) is 3.54. The molecule has 0 aromatic heterocycles. The van der Waals surface area contributed by atoms with Crippen LogP contribution < -0.4 is 5.32 Å². The van der Waals surface area contributed by atoms with Gasteiger partial charge in [0.05, 0.1) is 6.04 Å². The molecular formula is C24H31N3O2. The Balaban J connectivity index is 1.53. The summed E-state index contributed by atoms with van der Waals surface area (Å²) >= 11 is 0. The summed E-state index contributed by atoms with van der Waals surface area (Å²) in [5, 5.41) is 3.02. The van der Waals surface area contributed by atoms with Crippen LogP contribution in [0.5, 0.6) is 0 Å². The Kier molecular flexibility index (Phi) is 6.38. The first-order chi connectivity index (χ1) is 13.8. The molecule has 1 fully saturated rings. The summed E-state index contributed by atoms with van der Waals surface area (Å²) in [6, 6.07) is 17.2. The van der Waals surface area contributed by atoms with Crippen LogP contribution in [0.15, 0.2) is 54.6 Å². The third-order valence-electron chi connectivity index (χ3n) is 5.57. The Morgan fingerprint density at radius 3 is 2.03 bits per heavy atom. The zero-order valence-electron chi connectivity index (χ0n) is 17.8. The molecule has 2 aromatic carbocycles. The predicted molar refractivity (Wildman–Crippen MR) is 117 cm³/mol. The van der Waals surface area contributed by atoms with Gasteiger partial charge in [-0.1, -0.05) is 51.1 Å². The van der Waals surface area contributed by atoms with Gasteiger partial charge in [0.2, 0.25) is 5.91 Å². The largest absolute Gasteiger partial charge is 0.336 e. The average Bonchev–Trinajstić information content (AvgIpc) is 2.73. The highest BCUT2D eigenvalue weighted by Crippen LogP contribution is 2.23. The maximum absolute atomic E-state index is 12.7. The quantitative estimate of drug-likeness (QED) is 0.860. The van der Waals surface area contributed by atoms with Crippen molar-refractivity contribution in [1.29, 1.82) is 0 Å². The van der Waals surface area contributed by atoms with Crippen LogP contribution in [0.25, 0.3) is 0 Å². The monoisotopic (exact) mass is 393 g/mol. The minimum Gasteiger partial charge on any atom is -0.336 e. The molecule has 0 spiro atoms. The molecule has 5 nitrogen and oxygen atoms in total. The first kappa shape index (κ1) is 21.1. The van der Waals surface area contributed by atoms with Gasteiger partial charge >= 0.3 is 0 Å². The van der Waals surface area contributed by atoms with E-state index < -0.39 is 0 Å². The van der Waals surface area contributed by atoms with Crippen LogP contribution in [0.4, 0.5) is 5.69 Å². The molecule has 154 valence electrons. The minimum absolute atomic E-state index is 0.0173. The van der Waals surface area contributed by atoms with Crippen molar-refractivity contribution in [2.75, 3.05) is 31.5 Å². The molecule has 2 amide bonds. The lowest BCUT2D eigenvalue weighted by atomic mass is 9.87. The van der Waals surface area contributed by atoms with E-state index in [9.17, 15) is 9.59 Å². The second kappa shape index (κ2) is 8.78. The molecule has 1 N–H and O–H groups in total. The number of benzene rings is 2. The molecule has 0 saturated carbocycles. The molecule has 0 radical (unpaired) electrons. The molecule has 1 saturated heterocycles. The molecule has 0 bridgehead atoms. The Hall–Kier alpha value is -2.66. The van der Waals surface area contributed by atoms with Crippen molar-refractivity contribution in [2.45, 2.75) is 39.2 Å². The van der Waals surface area contributed by atoms with Gasteiger partial charge in [-0.15, -0.1) is 0 Å². The smallest absolute Gasteiger partial charge is 0.253 e. The lowest BCUT2D eigenvalue weighted by molar-refractivity contribution is -0.121. The van der Waals surface area contributed by atoms with Crippen LogP contribution in [0.1, 0.15) is 43.6 Å². The van der Waals surface area contributed by atoms with Gasteiger partial charge in [0, 0.05) is 37.4 Å². The van der Waals surface area contributed by atoms with Crippen molar-refractivity contribution in [3.8, 4) is 0 Å². The number of anilines is 1. The number of carbonyl (C=O) groups excluding carboxylic acids is 2. The van der Waals surface area contributed by atoms with Gasteiger partial charge in [-0.3, -0.25) is 14.5 Å². The second-order valence-corrected chi connectivity index (χ2v) is 8.69. The zero-order valence-corrected chi connectivity index (χ0v) is 17.8. The molecule has 5 heteroatoms. The van der Waals surface area contributed by atoms with E-state index in [1.807, 2.05) is 54.3 Å². The first-order valence-electron chi connectivity index (χ1n) is 10.3. The van der Waals surface area contributed by atoms with E-state index in [1.54, 1.807) is 0 Å². The molecule has 1 heterocycles. The van der Waals surface area contributed by atoms with Crippen LogP contribution >= 0.6 is 0 Å². The van der Waals surface area contributed by atoms with Gasteiger partial charge in [-0.05, 0) is 42.2 Å². The van der Waals surface area contributed by atoms with Crippen LogP contribution in [-0.2, 0) is 10.2 Å². The van der Waals surface area contributed by atoms with E-state index in [0.29, 0.717) is 31.7 Å². The molecule has 1 unspecified atom stereocenters. The summed E-state index contributed by atoms with van der Waals surface area (Å²) in [6.07, 6.45) is 0. The standard InChI is InChI=1S/C24H31N3O2/c1-18(22(28)25-21-12-10-20(11-13-21)24(2,3)4)26-14-16-27(17-15-26)23(29)19-8-6-5-7-9-19/h5-13,18H,14-17H2,1-4H3,(H,25,28). The highest BCUT2D eigenvalue weighted by atomic mass is 16.2. The van der Waals surface area contributed by atoms with E-state index >= 15 is 0 Å². The molecule has 3 rings (SSSR count). The van der Waals surface area contributed by atoms with E-state index in [4.69, 9.17) is 0 Å². The van der Waals surface area contributed by atoms with Crippen molar-refractivity contribution >= 4 is 17.5 Å². The molecule has 1 aliphatic rings. The number of hydrogen-bond donors (Lipinski definition) is 1. The van der Waals surface area contributed by atoms with Gasteiger partial charge in [-0.2, -0.15) is 0 Å². The van der Waals surface area contributed by atoms with Gasteiger partial charge < -0.3 is 10.2 Å². The van der Waals surface area contributed by atoms with Gasteiger partial charge in [0.15, 0.2) is 0 Å². The summed E-state index contributed by atoms with van der Waals surface area (Å²) in [5.74, 6) is 0.0395. The average molecular weight is 394 g/mol. The third-order valence-corrected chi connectivity index (χ3v) is 5.57. The van der Waals surface area contributed by atoms with Crippen molar-refractivity contribution < 1.29 is 9.59 Å². The highest BCUT2D eigenvalue weighted by Gasteiger charge is 2.28. The summed E-state index contributed by atoms with van der Waals surface area (Å²) in [6.45, 7) is 11.1. The molecule has 2 aromatic rings. The number of carbonyl (C=O) groups is 2. The van der Waals surface area contributed by atoms with E-state index in [-0.39, 0.29) is 23.3 Å². The Morgan fingerprint density at radius 2 is 1.48 bits per heavy atom. The van der Waals surface area contributed by atoms with Gasteiger partial charge in [0.1, 0.15) is 0 Å². The molecule has 1 atom stereocenters. The number of rotatable bonds is 4. The molecule has 1 aliphatic heterocycles. The summed E-state index contributed by atoms with van der Waals surface area (Å²) in [4.78, 5) is 29.3. The first-order valence-corrected chi connectivity index (χ1v) is 10.3. The lowest BCUT2D eigenvalue weighted by Crippen LogP contribution is -2.54. The van der Waals surface area contributed by atoms with Crippen molar-refractivity contribution in [1.82, 2.24) is 9.80 Å². The minimum atomic E-state index is -0.244. The van der Waals surface area contributed by atoms with E-state index in [0.717, 1.165) is 5.69 Å². The number of hydrogen-bond acceptors (Lipinski definition) is 3. The Labute approximate surface area is 173 Å². The van der Waals surface area contributed by atoms with Gasteiger partial charge in [-0.25, -0.2) is 0 Å². The number of nitrogens with one attached hydrogen (secondary N) is 1. The fraction of sp³-hybridized carbons (Fsp3) is 0.417. The van der Waals surface area contributed by atoms with Crippen molar-refractivity contribution in [3.63, 3.8) is 0 Å². The third kappa shape index (κ3) is 5.24. The van der Waals surface area contributed by atoms with Crippen LogP contribution in [-0.4, -0.2) is 53.8 Å². The summed E-state index contributed by atoms with van der Waals surface area (Å²) in [5.41, 5.74) is 2.85. The number of piperazine rings is 1. The SMILES string of the molecule is CC(C(=O)Nc1ccc(C(C)(C)C)cc1)N1CCN(C(=O)c2ccccc2)CC1. The maximum Gasteiger partial charge on any atom is 0.253 e. The fourth-order valence-corrected chi connectivity index (χ4v) is 3.54. The van der Waals surface area contributed by atoms with Gasteiger partial charge in [0.25, 0.3) is 5.91 Å². The topological polar surface area (TPSA) is 52.7 Å². The zero-order chi connectivity index (χ0) is 21.0. The maximum atomic E-state index is 12.7. The second-order valence-electron chi connectivity index (χ2n) is 8.69. The number of nitrogens with zero attached hydrogens (tertiary/aromatic N) is 2. The lowest BCUT2D eigenvalue weighted by Gasteiger charge is -2.37.